The highest BCUT2D eigenvalue weighted by Crippen LogP contribution is 2.32. The Hall–Kier alpha value is -1.74. The molecule has 2 nitrogen and oxygen atoms in total. The van der Waals surface area contributed by atoms with E-state index in [0.717, 1.165) is 11.3 Å². The van der Waals surface area contributed by atoms with E-state index in [9.17, 15) is 4.39 Å². The van der Waals surface area contributed by atoms with E-state index in [4.69, 9.17) is 17.3 Å². The van der Waals surface area contributed by atoms with Crippen LogP contribution in [0.25, 0.3) is 0 Å². The normalized spacial score (nSPS) is 13.8. The van der Waals surface area contributed by atoms with Gasteiger partial charge in [0.05, 0.1) is 5.69 Å². The van der Waals surface area contributed by atoms with Crippen LogP contribution in [0.2, 0.25) is 5.02 Å². The first kappa shape index (κ1) is 11.4. The maximum Gasteiger partial charge on any atom is 0.146 e. The molecule has 1 aliphatic rings. The van der Waals surface area contributed by atoms with E-state index >= 15 is 0 Å². The van der Waals surface area contributed by atoms with Crippen molar-refractivity contribution < 1.29 is 4.39 Å². The first-order valence-corrected chi connectivity index (χ1v) is 6.08. The van der Waals surface area contributed by atoms with Crippen LogP contribution in [0.3, 0.4) is 0 Å². The molecule has 18 heavy (non-hydrogen) atoms. The van der Waals surface area contributed by atoms with E-state index in [2.05, 4.69) is 0 Å². The van der Waals surface area contributed by atoms with Crippen LogP contribution in [0.15, 0.2) is 36.4 Å². The average Bonchev–Trinajstić information content (AvgIpc) is 2.74. The van der Waals surface area contributed by atoms with Crippen LogP contribution in [0.5, 0.6) is 0 Å². The van der Waals surface area contributed by atoms with Crippen molar-refractivity contribution in [1.29, 1.82) is 0 Å². The summed E-state index contributed by atoms with van der Waals surface area (Å²) in [4.78, 5) is 1.96. The van der Waals surface area contributed by atoms with Gasteiger partial charge in [-0.05, 0) is 41.5 Å². The molecule has 1 aliphatic heterocycles. The summed E-state index contributed by atoms with van der Waals surface area (Å²) in [6.07, 6.45) is 0. The van der Waals surface area contributed by atoms with Gasteiger partial charge in [-0.1, -0.05) is 17.7 Å². The number of hydrogen-bond acceptors (Lipinski definition) is 2. The zero-order valence-corrected chi connectivity index (χ0v) is 10.4. The Morgan fingerprint density at radius 3 is 2.67 bits per heavy atom. The molecule has 0 amide bonds. The highest BCUT2D eigenvalue weighted by molar-refractivity contribution is 6.30. The number of fused-ring (bicyclic) bond motifs is 1. The number of rotatable bonds is 1. The predicted molar refractivity (Wildman–Crippen MR) is 72.2 cm³/mol. The quantitative estimate of drug-likeness (QED) is 0.796. The third-order valence-electron chi connectivity index (χ3n) is 3.20. The Balaban J connectivity index is 1.96. The number of nitrogens with two attached hydrogens (primary N) is 1. The summed E-state index contributed by atoms with van der Waals surface area (Å²) in [5.74, 6) is -0.250. The summed E-state index contributed by atoms with van der Waals surface area (Å²) in [6, 6.07) is 10.4. The molecule has 0 fully saturated rings. The van der Waals surface area contributed by atoms with Crippen molar-refractivity contribution in [3.63, 3.8) is 0 Å². The molecule has 92 valence electrons. The van der Waals surface area contributed by atoms with Gasteiger partial charge in [0.25, 0.3) is 0 Å². The molecule has 2 N–H and O–H groups in total. The van der Waals surface area contributed by atoms with E-state index in [1.165, 1.54) is 11.6 Å². The Morgan fingerprint density at radius 1 is 1.06 bits per heavy atom. The number of nitrogen functional groups attached to an aromatic ring is 1. The van der Waals surface area contributed by atoms with Gasteiger partial charge >= 0.3 is 0 Å². The first-order valence-electron chi connectivity index (χ1n) is 5.71. The van der Waals surface area contributed by atoms with E-state index in [1.807, 2.05) is 23.1 Å². The molecule has 0 unspecified atom stereocenters. The van der Waals surface area contributed by atoms with Crippen LogP contribution in [-0.2, 0) is 13.1 Å². The zero-order chi connectivity index (χ0) is 12.7. The second kappa shape index (κ2) is 4.18. The number of nitrogens with zero attached hydrogens (tertiary/aromatic N) is 1. The van der Waals surface area contributed by atoms with Crippen LogP contribution in [0, 0.1) is 5.82 Å². The van der Waals surface area contributed by atoms with Crippen LogP contribution < -0.4 is 10.6 Å². The zero-order valence-electron chi connectivity index (χ0n) is 9.66. The van der Waals surface area contributed by atoms with Crippen LogP contribution in [0.1, 0.15) is 11.1 Å². The second-order valence-corrected chi connectivity index (χ2v) is 4.92. The summed E-state index contributed by atoms with van der Waals surface area (Å²) in [5.41, 5.74) is 9.36. The number of benzene rings is 2. The number of hydrogen-bond donors (Lipinski definition) is 1. The predicted octanol–water partition coefficient (Wildman–Crippen LogP) is 3.58. The molecule has 0 spiro atoms. The molecule has 0 bridgehead atoms. The highest BCUT2D eigenvalue weighted by atomic mass is 35.5. The van der Waals surface area contributed by atoms with Crippen molar-refractivity contribution in [3.8, 4) is 0 Å². The van der Waals surface area contributed by atoms with Crippen LogP contribution in [0.4, 0.5) is 15.8 Å². The summed E-state index contributed by atoms with van der Waals surface area (Å²) in [6.45, 7) is 1.35. The van der Waals surface area contributed by atoms with Gasteiger partial charge in [0.2, 0.25) is 0 Å². The van der Waals surface area contributed by atoms with E-state index < -0.39 is 0 Å². The van der Waals surface area contributed by atoms with Gasteiger partial charge in [0.1, 0.15) is 5.82 Å². The number of halogens is 2. The van der Waals surface area contributed by atoms with Crippen molar-refractivity contribution >= 4 is 23.0 Å². The average molecular weight is 263 g/mol. The maximum atomic E-state index is 13.8. The molecule has 0 saturated carbocycles. The standard InChI is InChI=1S/C14H12ClFN2/c15-11-2-4-13(16)14(6-11)18-7-9-1-3-12(17)5-10(9)8-18/h1-6H,7-8,17H2. The summed E-state index contributed by atoms with van der Waals surface area (Å²) < 4.78 is 13.8. The molecule has 2 aromatic carbocycles. The molecule has 3 rings (SSSR count). The molecule has 0 aliphatic carbocycles. The van der Waals surface area contributed by atoms with E-state index in [-0.39, 0.29) is 5.82 Å². The first-order chi connectivity index (χ1) is 8.63. The molecule has 0 saturated heterocycles. The molecule has 0 atom stereocenters. The molecule has 2 aromatic rings. The second-order valence-electron chi connectivity index (χ2n) is 4.48. The lowest BCUT2D eigenvalue weighted by Crippen LogP contribution is -2.15. The highest BCUT2D eigenvalue weighted by Gasteiger charge is 2.21. The third-order valence-corrected chi connectivity index (χ3v) is 3.44. The molecular formula is C14H12ClFN2. The fourth-order valence-corrected chi connectivity index (χ4v) is 2.48. The summed E-state index contributed by atoms with van der Waals surface area (Å²) >= 11 is 5.92. The monoisotopic (exact) mass is 262 g/mol. The Labute approximate surface area is 110 Å². The molecule has 0 aromatic heterocycles. The Morgan fingerprint density at radius 2 is 1.83 bits per heavy atom. The lowest BCUT2D eigenvalue weighted by atomic mass is 10.1. The summed E-state index contributed by atoms with van der Waals surface area (Å²) in [7, 11) is 0. The van der Waals surface area contributed by atoms with Gasteiger partial charge in [-0.25, -0.2) is 4.39 Å². The smallest absolute Gasteiger partial charge is 0.146 e. The minimum atomic E-state index is -0.250. The molecular weight excluding hydrogens is 251 g/mol. The van der Waals surface area contributed by atoms with E-state index in [1.54, 1.807) is 12.1 Å². The lowest BCUT2D eigenvalue weighted by Gasteiger charge is -2.18. The van der Waals surface area contributed by atoms with Crippen molar-refractivity contribution in [3.05, 3.63) is 58.4 Å². The van der Waals surface area contributed by atoms with Gasteiger partial charge in [-0.3, -0.25) is 0 Å². The van der Waals surface area contributed by atoms with Crippen LogP contribution in [-0.4, -0.2) is 0 Å². The van der Waals surface area contributed by atoms with Crippen LogP contribution >= 0.6 is 11.6 Å². The Bertz CT molecular complexity index is 613. The minimum absolute atomic E-state index is 0.250. The maximum absolute atomic E-state index is 13.8. The van der Waals surface area contributed by atoms with Crippen molar-refractivity contribution in [2.24, 2.45) is 0 Å². The largest absolute Gasteiger partial charge is 0.399 e. The van der Waals surface area contributed by atoms with Gasteiger partial charge in [0, 0.05) is 23.8 Å². The van der Waals surface area contributed by atoms with Crippen molar-refractivity contribution in [2.45, 2.75) is 13.1 Å². The van der Waals surface area contributed by atoms with E-state index in [0.29, 0.717) is 23.8 Å². The SMILES string of the molecule is Nc1ccc2c(c1)CN(c1cc(Cl)ccc1F)C2. The fraction of sp³-hybridized carbons (Fsp3) is 0.143. The fourth-order valence-electron chi connectivity index (χ4n) is 2.31. The Kier molecular flexibility index (Phi) is 2.63. The lowest BCUT2D eigenvalue weighted by molar-refractivity contribution is 0.619. The minimum Gasteiger partial charge on any atom is -0.399 e. The molecule has 4 heteroatoms. The molecule has 0 radical (unpaired) electrons. The topological polar surface area (TPSA) is 29.3 Å². The molecule has 1 heterocycles. The van der Waals surface area contributed by atoms with Gasteiger partial charge < -0.3 is 10.6 Å². The van der Waals surface area contributed by atoms with Crippen molar-refractivity contribution in [2.75, 3.05) is 10.6 Å². The van der Waals surface area contributed by atoms with Gasteiger partial charge in [-0.2, -0.15) is 0 Å². The van der Waals surface area contributed by atoms with Gasteiger partial charge in [-0.15, -0.1) is 0 Å². The third kappa shape index (κ3) is 1.91. The van der Waals surface area contributed by atoms with Gasteiger partial charge in [0.15, 0.2) is 0 Å². The van der Waals surface area contributed by atoms with Crippen molar-refractivity contribution in [1.82, 2.24) is 0 Å². The summed E-state index contributed by atoms with van der Waals surface area (Å²) in [5, 5.41) is 0.543. The number of anilines is 2.